The van der Waals surface area contributed by atoms with E-state index < -0.39 is 0 Å². The Labute approximate surface area is 86.4 Å². The van der Waals surface area contributed by atoms with E-state index >= 15 is 0 Å². The van der Waals surface area contributed by atoms with Crippen LogP contribution in [0.15, 0.2) is 0 Å². The van der Waals surface area contributed by atoms with Gasteiger partial charge in [-0.15, -0.1) is 0 Å². The average molecular weight is 198 g/mol. The number of primary amides is 1. The van der Waals surface area contributed by atoms with Gasteiger partial charge in [-0.25, -0.2) is 0 Å². The van der Waals surface area contributed by atoms with Gasteiger partial charge in [-0.2, -0.15) is 0 Å². The lowest BCUT2D eigenvalue weighted by molar-refractivity contribution is -0.120. The van der Waals surface area contributed by atoms with Gasteiger partial charge in [0.2, 0.25) is 5.91 Å². The molecule has 0 saturated heterocycles. The van der Waals surface area contributed by atoms with Crippen molar-refractivity contribution in [3.05, 3.63) is 0 Å². The van der Waals surface area contributed by atoms with Crippen molar-refractivity contribution in [2.75, 3.05) is 0 Å². The van der Waals surface area contributed by atoms with E-state index in [1.165, 1.54) is 12.8 Å². The van der Waals surface area contributed by atoms with Crippen molar-refractivity contribution in [1.29, 1.82) is 0 Å². The summed E-state index contributed by atoms with van der Waals surface area (Å²) < 4.78 is 0. The highest BCUT2D eigenvalue weighted by molar-refractivity contribution is 5.79. The Morgan fingerprint density at radius 1 is 1.64 bits per heavy atom. The molecular formula is C11H22N2O. The first-order valence-corrected chi connectivity index (χ1v) is 5.52. The van der Waals surface area contributed by atoms with Gasteiger partial charge in [-0.3, -0.25) is 4.79 Å². The Morgan fingerprint density at radius 2 is 2.29 bits per heavy atom. The summed E-state index contributed by atoms with van der Waals surface area (Å²) in [5, 5.41) is 3.38. The minimum absolute atomic E-state index is 0.155. The second-order valence-electron chi connectivity index (χ2n) is 4.96. The van der Waals surface area contributed by atoms with Crippen LogP contribution in [0.4, 0.5) is 0 Å². The van der Waals surface area contributed by atoms with E-state index in [-0.39, 0.29) is 11.9 Å². The summed E-state index contributed by atoms with van der Waals surface area (Å²) in [5.74, 6) is -0.227. The van der Waals surface area contributed by atoms with Crippen LogP contribution in [0.1, 0.15) is 46.5 Å². The van der Waals surface area contributed by atoms with E-state index in [2.05, 4.69) is 19.2 Å². The van der Waals surface area contributed by atoms with Crippen molar-refractivity contribution in [3.8, 4) is 0 Å². The summed E-state index contributed by atoms with van der Waals surface area (Å²) in [4.78, 5) is 11.1. The van der Waals surface area contributed by atoms with Crippen molar-refractivity contribution in [3.63, 3.8) is 0 Å². The summed E-state index contributed by atoms with van der Waals surface area (Å²) in [7, 11) is 0. The molecule has 0 aromatic heterocycles. The molecule has 0 spiro atoms. The largest absolute Gasteiger partial charge is 0.368 e. The number of nitrogens with one attached hydrogen (secondary N) is 1. The van der Waals surface area contributed by atoms with E-state index in [0.29, 0.717) is 11.5 Å². The predicted molar refractivity (Wildman–Crippen MR) is 57.8 cm³/mol. The van der Waals surface area contributed by atoms with Gasteiger partial charge in [-0.05, 0) is 24.7 Å². The van der Waals surface area contributed by atoms with Gasteiger partial charge in [0.15, 0.2) is 0 Å². The molecular weight excluding hydrogens is 176 g/mol. The van der Waals surface area contributed by atoms with Gasteiger partial charge in [0.05, 0.1) is 6.04 Å². The standard InChI is InChI=1S/C11H22N2O/c1-4-8(10(12)14)13-9-6-5-7-11(9,2)3/h8-9,13H,4-7H2,1-3H3,(H2,12,14). The summed E-state index contributed by atoms with van der Waals surface area (Å²) in [5.41, 5.74) is 5.62. The van der Waals surface area contributed by atoms with E-state index in [4.69, 9.17) is 5.73 Å². The Morgan fingerprint density at radius 3 is 2.64 bits per heavy atom. The van der Waals surface area contributed by atoms with Crippen molar-refractivity contribution < 1.29 is 4.79 Å². The molecule has 14 heavy (non-hydrogen) atoms. The maximum Gasteiger partial charge on any atom is 0.234 e. The molecule has 2 unspecified atom stereocenters. The van der Waals surface area contributed by atoms with E-state index in [1.54, 1.807) is 0 Å². The molecule has 0 aromatic carbocycles. The quantitative estimate of drug-likeness (QED) is 0.717. The predicted octanol–water partition coefficient (Wildman–Crippen LogP) is 1.42. The number of carbonyl (C=O) groups is 1. The van der Waals surface area contributed by atoms with Crippen molar-refractivity contribution >= 4 is 5.91 Å². The van der Waals surface area contributed by atoms with Gasteiger partial charge < -0.3 is 11.1 Å². The third-order valence-electron chi connectivity index (χ3n) is 3.41. The van der Waals surface area contributed by atoms with E-state index in [9.17, 15) is 4.79 Å². The maximum absolute atomic E-state index is 11.1. The molecule has 1 fully saturated rings. The fourth-order valence-electron chi connectivity index (χ4n) is 2.28. The van der Waals surface area contributed by atoms with Crippen LogP contribution < -0.4 is 11.1 Å². The molecule has 82 valence electrons. The van der Waals surface area contributed by atoms with Gasteiger partial charge >= 0.3 is 0 Å². The lowest BCUT2D eigenvalue weighted by Crippen LogP contribution is -2.49. The van der Waals surface area contributed by atoms with Crippen LogP contribution in [0.2, 0.25) is 0 Å². The second-order valence-corrected chi connectivity index (χ2v) is 4.96. The average Bonchev–Trinajstić information content (AvgIpc) is 2.40. The van der Waals surface area contributed by atoms with Crippen LogP contribution in [0.25, 0.3) is 0 Å². The third kappa shape index (κ3) is 2.47. The lowest BCUT2D eigenvalue weighted by Gasteiger charge is -2.30. The summed E-state index contributed by atoms with van der Waals surface area (Å²) >= 11 is 0. The minimum Gasteiger partial charge on any atom is -0.368 e. The molecule has 1 aliphatic carbocycles. The molecule has 1 amide bonds. The van der Waals surface area contributed by atoms with Gasteiger partial charge in [0.1, 0.15) is 0 Å². The zero-order valence-electron chi connectivity index (χ0n) is 9.47. The highest BCUT2D eigenvalue weighted by atomic mass is 16.1. The van der Waals surface area contributed by atoms with Crippen LogP contribution in [0, 0.1) is 5.41 Å². The number of rotatable bonds is 4. The van der Waals surface area contributed by atoms with Crippen molar-refractivity contribution in [1.82, 2.24) is 5.32 Å². The van der Waals surface area contributed by atoms with Gasteiger partial charge in [0, 0.05) is 6.04 Å². The summed E-state index contributed by atoms with van der Waals surface area (Å²) in [6, 6.07) is 0.289. The van der Waals surface area contributed by atoms with Crippen LogP contribution in [-0.2, 0) is 4.79 Å². The first-order valence-electron chi connectivity index (χ1n) is 5.52. The zero-order valence-corrected chi connectivity index (χ0v) is 9.47. The van der Waals surface area contributed by atoms with Crippen molar-refractivity contribution in [2.45, 2.75) is 58.5 Å². The Balaban J connectivity index is 2.54. The molecule has 0 aromatic rings. The smallest absolute Gasteiger partial charge is 0.234 e. The summed E-state index contributed by atoms with van der Waals surface area (Å²) in [6.07, 6.45) is 4.43. The lowest BCUT2D eigenvalue weighted by atomic mass is 9.87. The third-order valence-corrected chi connectivity index (χ3v) is 3.41. The van der Waals surface area contributed by atoms with Gasteiger partial charge in [-0.1, -0.05) is 27.2 Å². The number of nitrogens with two attached hydrogens (primary N) is 1. The second kappa shape index (κ2) is 4.30. The van der Waals surface area contributed by atoms with Crippen LogP contribution in [0.3, 0.4) is 0 Å². The maximum atomic E-state index is 11.1. The highest BCUT2D eigenvalue weighted by Crippen LogP contribution is 2.37. The molecule has 0 aliphatic heterocycles. The fraction of sp³-hybridized carbons (Fsp3) is 0.909. The molecule has 3 heteroatoms. The monoisotopic (exact) mass is 198 g/mol. The zero-order chi connectivity index (χ0) is 10.8. The Hall–Kier alpha value is -0.570. The van der Waals surface area contributed by atoms with Crippen LogP contribution >= 0.6 is 0 Å². The van der Waals surface area contributed by atoms with E-state index in [0.717, 1.165) is 12.8 Å². The Bertz CT molecular complexity index is 213. The number of hydrogen-bond acceptors (Lipinski definition) is 2. The number of hydrogen-bond donors (Lipinski definition) is 2. The van der Waals surface area contributed by atoms with E-state index in [1.807, 2.05) is 6.92 Å². The number of amides is 1. The topological polar surface area (TPSA) is 55.1 Å². The SMILES string of the molecule is CCC(NC1CCCC1(C)C)C(N)=O. The first kappa shape index (κ1) is 11.5. The summed E-state index contributed by atoms with van der Waals surface area (Å²) in [6.45, 7) is 6.50. The molecule has 1 saturated carbocycles. The molecule has 2 atom stereocenters. The fourth-order valence-corrected chi connectivity index (χ4v) is 2.28. The molecule has 1 aliphatic rings. The van der Waals surface area contributed by atoms with Crippen molar-refractivity contribution in [2.24, 2.45) is 11.1 Å². The van der Waals surface area contributed by atoms with Gasteiger partial charge in [0.25, 0.3) is 0 Å². The molecule has 0 radical (unpaired) electrons. The Kier molecular flexibility index (Phi) is 3.53. The molecule has 0 bridgehead atoms. The first-order chi connectivity index (χ1) is 6.47. The minimum atomic E-state index is -0.227. The van der Waals surface area contributed by atoms with Crippen LogP contribution in [0.5, 0.6) is 0 Å². The molecule has 3 nitrogen and oxygen atoms in total. The molecule has 1 rings (SSSR count). The van der Waals surface area contributed by atoms with Crippen LogP contribution in [-0.4, -0.2) is 18.0 Å². The number of carbonyl (C=O) groups excluding carboxylic acids is 1. The highest BCUT2D eigenvalue weighted by Gasteiger charge is 2.35. The molecule has 3 N–H and O–H groups in total. The molecule has 0 heterocycles. The normalized spacial score (nSPS) is 27.5.